The van der Waals surface area contributed by atoms with Crippen molar-refractivity contribution in [1.29, 1.82) is 0 Å². The van der Waals surface area contributed by atoms with Crippen LogP contribution in [0, 0.1) is 0 Å². The van der Waals surface area contributed by atoms with Gasteiger partial charge in [-0.25, -0.2) is 19.2 Å². The van der Waals surface area contributed by atoms with Gasteiger partial charge in [-0.15, -0.1) is 0 Å². The van der Waals surface area contributed by atoms with Gasteiger partial charge in [0.05, 0.1) is 23.8 Å². The van der Waals surface area contributed by atoms with Gasteiger partial charge in [0.25, 0.3) is 0 Å². The lowest BCUT2D eigenvalue weighted by Crippen LogP contribution is -2.63. The number of hydrogen-bond acceptors (Lipinski definition) is 10. The second kappa shape index (κ2) is 12.8. The van der Waals surface area contributed by atoms with Crippen LogP contribution in [0.5, 0.6) is 0 Å². The Balaban J connectivity index is 1.74. The minimum atomic E-state index is -1.58. The highest BCUT2D eigenvalue weighted by molar-refractivity contribution is 5.91. The van der Waals surface area contributed by atoms with E-state index in [1.807, 2.05) is 0 Å². The highest BCUT2D eigenvalue weighted by Crippen LogP contribution is 2.31. The molecular formula is C29H26O10. The highest BCUT2D eigenvalue weighted by Gasteiger charge is 2.55. The Bertz CT molecular complexity index is 1280. The van der Waals surface area contributed by atoms with Gasteiger partial charge in [-0.2, -0.15) is 0 Å². The summed E-state index contributed by atoms with van der Waals surface area (Å²) in [6, 6.07) is 24.1. The van der Waals surface area contributed by atoms with E-state index in [9.17, 15) is 19.2 Å². The molecule has 0 saturated carbocycles. The first kappa shape index (κ1) is 27.5. The molecule has 0 bridgehead atoms. The van der Waals surface area contributed by atoms with Gasteiger partial charge in [0.15, 0.2) is 30.7 Å². The van der Waals surface area contributed by atoms with E-state index in [0.717, 1.165) is 7.11 Å². The Kier molecular flexibility index (Phi) is 9.03. The molecule has 0 unspecified atom stereocenters. The molecule has 1 saturated heterocycles. The monoisotopic (exact) mass is 534 g/mol. The number of benzene rings is 3. The number of esters is 4. The van der Waals surface area contributed by atoms with Gasteiger partial charge in [0.2, 0.25) is 0 Å². The smallest absolute Gasteiger partial charge is 0.339 e. The van der Waals surface area contributed by atoms with Crippen LogP contribution in [-0.4, -0.2) is 68.8 Å². The van der Waals surface area contributed by atoms with Crippen molar-refractivity contribution in [3.8, 4) is 0 Å². The predicted octanol–water partition coefficient (Wildman–Crippen LogP) is 3.21. The van der Waals surface area contributed by atoms with Gasteiger partial charge in [-0.05, 0) is 36.4 Å². The lowest BCUT2D eigenvalue weighted by atomic mass is 9.97. The molecule has 3 aromatic carbocycles. The molecule has 5 atom stereocenters. The zero-order chi connectivity index (χ0) is 27.8. The summed E-state index contributed by atoms with van der Waals surface area (Å²) in [7, 11) is 2.38. The molecule has 0 spiro atoms. The van der Waals surface area contributed by atoms with Gasteiger partial charge in [0.1, 0.15) is 0 Å². The summed E-state index contributed by atoms with van der Waals surface area (Å²) in [4.78, 5) is 52.0. The molecule has 0 radical (unpaired) electrons. The number of ether oxygens (including phenoxy) is 6. The third kappa shape index (κ3) is 6.49. The predicted molar refractivity (Wildman–Crippen MR) is 135 cm³/mol. The number of carbonyl (C=O) groups excluding carboxylic acids is 4. The molecule has 0 aliphatic carbocycles. The molecule has 1 aliphatic heterocycles. The average molecular weight is 535 g/mol. The molecular weight excluding hydrogens is 508 g/mol. The maximum Gasteiger partial charge on any atom is 0.339 e. The third-order valence-corrected chi connectivity index (χ3v) is 5.92. The highest BCUT2D eigenvalue weighted by atomic mass is 16.7. The van der Waals surface area contributed by atoms with Gasteiger partial charge in [0, 0.05) is 7.11 Å². The summed E-state index contributed by atoms with van der Waals surface area (Å²) < 4.78 is 33.2. The van der Waals surface area contributed by atoms with Gasteiger partial charge >= 0.3 is 23.9 Å². The topological polar surface area (TPSA) is 124 Å². The van der Waals surface area contributed by atoms with E-state index in [4.69, 9.17) is 28.4 Å². The summed E-state index contributed by atoms with van der Waals surface area (Å²) >= 11 is 0. The molecule has 3 aromatic rings. The van der Waals surface area contributed by atoms with Gasteiger partial charge in [-0.3, -0.25) is 0 Å². The van der Waals surface area contributed by atoms with E-state index < -0.39 is 54.6 Å². The fraction of sp³-hybridized carbons (Fsp3) is 0.241. The zero-order valence-corrected chi connectivity index (χ0v) is 21.1. The first-order valence-electron chi connectivity index (χ1n) is 12.0. The van der Waals surface area contributed by atoms with Crippen LogP contribution in [0.3, 0.4) is 0 Å². The van der Waals surface area contributed by atoms with E-state index >= 15 is 0 Å². The van der Waals surface area contributed by atoms with Crippen LogP contribution >= 0.6 is 0 Å². The van der Waals surface area contributed by atoms with Crippen LogP contribution in [0.25, 0.3) is 0 Å². The molecule has 0 N–H and O–H groups in total. The van der Waals surface area contributed by atoms with Crippen molar-refractivity contribution in [2.75, 3.05) is 14.2 Å². The summed E-state index contributed by atoms with van der Waals surface area (Å²) in [6.45, 7) is 0. The van der Waals surface area contributed by atoms with Gasteiger partial charge in [-0.1, -0.05) is 54.6 Å². The Labute approximate surface area is 224 Å². The van der Waals surface area contributed by atoms with Crippen LogP contribution in [0.4, 0.5) is 0 Å². The first-order chi connectivity index (χ1) is 18.9. The van der Waals surface area contributed by atoms with Crippen LogP contribution in [-0.2, 0) is 33.2 Å². The van der Waals surface area contributed by atoms with E-state index in [0.29, 0.717) is 0 Å². The van der Waals surface area contributed by atoms with Crippen LogP contribution in [0.15, 0.2) is 91.0 Å². The van der Waals surface area contributed by atoms with Crippen molar-refractivity contribution in [3.63, 3.8) is 0 Å². The largest absolute Gasteiger partial charge is 0.467 e. The second-order valence-electron chi connectivity index (χ2n) is 8.39. The summed E-state index contributed by atoms with van der Waals surface area (Å²) in [5, 5.41) is 0. The normalized spacial score (nSPS) is 22.3. The quantitative estimate of drug-likeness (QED) is 0.314. The number of hydrogen-bond donors (Lipinski definition) is 0. The van der Waals surface area contributed by atoms with Crippen molar-refractivity contribution in [2.24, 2.45) is 0 Å². The molecule has 1 heterocycles. The fourth-order valence-corrected chi connectivity index (χ4v) is 3.99. The molecule has 10 nitrogen and oxygen atoms in total. The van der Waals surface area contributed by atoms with E-state index in [-0.39, 0.29) is 16.7 Å². The van der Waals surface area contributed by atoms with Crippen LogP contribution in [0.1, 0.15) is 31.1 Å². The standard InChI is InChI=1S/C29H26O10/c1-34-28(33)23-21(36-25(30)18-12-6-3-7-13-18)22(37-26(31)19-14-8-4-9-15-19)24(29(35-2)39-23)38-27(32)20-16-10-5-11-17-20/h3-17,21-24,29H,1-2H3/t21-,22-,23-,24+,29-/m0/s1. The molecule has 10 heteroatoms. The minimum Gasteiger partial charge on any atom is -0.467 e. The fourth-order valence-electron chi connectivity index (χ4n) is 3.99. The SMILES string of the molecule is COC(=O)[C@H]1O[C@H](OC)[C@H](OC(=O)c2ccccc2)[C@@H](OC(=O)c2ccccc2)[C@@H]1OC(=O)c1ccccc1. The Morgan fingerprint density at radius 2 is 0.949 bits per heavy atom. The van der Waals surface area contributed by atoms with Gasteiger partial charge < -0.3 is 28.4 Å². The zero-order valence-electron chi connectivity index (χ0n) is 21.1. The van der Waals surface area contributed by atoms with Crippen molar-refractivity contribution in [3.05, 3.63) is 108 Å². The lowest BCUT2D eigenvalue weighted by molar-refractivity contribution is -0.285. The van der Waals surface area contributed by atoms with Crippen molar-refractivity contribution < 1.29 is 47.6 Å². The van der Waals surface area contributed by atoms with Crippen molar-refractivity contribution >= 4 is 23.9 Å². The number of methoxy groups -OCH3 is 2. The minimum absolute atomic E-state index is 0.168. The third-order valence-electron chi connectivity index (χ3n) is 5.92. The molecule has 1 aliphatic rings. The Hall–Kier alpha value is -4.54. The lowest BCUT2D eigenvalue weighted by Gasteiger charge is -2.43. The molecule has 1 fully saturated rings. The maximum absolute atomic E-state index is 13.2. The molecule has 39 heavy (non-hydrogen) atoms. The van der Waals surface area contributed by atoms with E-state index in [1.54, 1.807) is 54.6 Å². The number of carbonyl (C=O) groups is 4. The van der Waals surface area contributed by atoms with Crippen LogP contribution in [0.2, 0.25) is 0 Å². The molecule has 0 aromatic heterocycles. The average Bonchev–Trinajstić information content (AvgIpc) is 2.99. The molecule has 4 rings (SSSR count). The van der Waals surface area contributed by atoms with Crippen molar-refractivity contribution in [1.82, 2.24) is 0 Å². The summed E-state index contributed by atoms with van der Waals surface area (Å²) in [5.41, 5.74) is 0.545. The summed E-state index contributed by atoms with van der Waals surface area (Å²) in [5.74, 6) is -3.35. The van der Waals surface area contributed by atoms with Crippen LogP contribution < -0.4 is 0 Å². The molecule has 0 amide bonds. The van der Waals surface area contributed by atoms with E-state index in [1.165, 1.54) is 43.5 Å². The first-order valence-corrected chi connectivity index (χ1v) is 12.0. The molecule has 202 valence electrons. The maximum atomic E-state index is 13.2. The number of rotatable bonds is 8. The Morgan fingerprint density at radius 3 is 1.33 bits per heavy atom. The summed E-state index contributed by atoms with van der Waals surface area (Å²) in [6.07, 6.45) is -7.50. The van der Waals surface area contributed by atoms with E-state index in [2.05, 4.69) is 0 Å². The second-order valence-corrected chi connectivity index (χ2v) is 8.39. The Morgan fingerprint density at radius 1 is 0.564 bits per heavy atom. The van der Waals surface area contributed by atoms with Crippen molar-refractivity contribution in [2.45, 2.75) is 30.7 Å².